The Bertz CT molecular complexity index is 282. The zero-order valence-corrected chi connectivity index (χ0v) is 12.5. The molecule has 1 fully saturated rings. The zero-order chi connectivity index (χ0) is 15.2. The predicted octanol–water partition coefficient (Wildman–Crippen LogP) is 2.54. The van der Waals surface area contributed by atoms with E-state index in [9.17, 15) is 18.3 Å². The van der Waals surface area contributed by atoms with Gasteiger partial charge in [-0.15, -0.1) is 0 Å². The van der Waals surface area contributed by atoms with Crippen molar-refractivity contribution in [2.45, 2.75) is 63.7 Å². The molecule has 2 N–H and O–H groups in total. The number of nitrogens with one attached hydrogen (secondary N) is 1. The van der Waals surface area contributed by atoms with Gasteiger partial charge >= 0.3 is 6.18 Å². The number of hydrogen-bond donors (Lipinski definition) is 2. The Morgan fingerprint density at radius 1 is 1.25 bits per heavy atom. The van der Waals surface area contributed by atoms with Crippen LogP contribution in [0.2, 0.25) is 0 Å². The molecule has 0 radical (unpaired) electrons. The standard InChI is InChI=1S/C14H27F3N2O/c1-3-8-19(10-14(15,16)17)9-4-7-13(2,11-20)18-12-5-6-12/h12,18,20H,3-11H2,1-2H3. The lowest BCUT2D eigenvalue weighted by molar-refractivity contribution is -0.146. The summed E-state index contributed by atoms with van der Waals surface area (Å²) in [6, 6.07) is 0.481. The van der Waals surface area contributed by atoms with Crippen LogP contribution < -0.4 is 5.32 Å². The lowest BCUT2D eigenvalue weighted by Gasteiger charge is -2.30. The molecule has 120 valence electrons. The number of alkyl halides is 3. The quantitative estimate of drug-likeness (QED) is 0.650. The molecule has 0 heterocycles. The van der Waals surface area contributed by atoms with Gasteiger partial charge in [0.15, 0.2) is 0 Å². The third kappa shape index (κ3) is 7.45. The fourth-order valence-corrected chi connectivity index (χ4v) is 2.45. The van der Waals surface area contributed by atoms with Crippen LogP contribution in [0.3, 0.4) is 0 Å². The summed E-state index contributed by atoms with van der Waals surface area (Å²) in [5, 5.41) is 12.8. The fourth-order valence-electron chi connectivity index (χ4n) is 2.45. The Morgan fingerprint density at radius 3 is 2.35 bits per heavy atom. The zero-order valence-electron chi connectivity index (χ0n) is 12.5. The van der Waals surface area contributed by atoms with Crippen LogP contribution in [0.4, 0.5) is 13.2 Å². The van der Waals surface area contributed by atoms with Gasteiger partial charge in [0.05, 0.1) is 13.2 Å². The van der Waals surface area contributed by atoms with Crippen molar-refractivity contribution in [3.05, 3.63) is 0 Å². The second-order valence-electron chi connectivity index (χ2n) is 6.13. The summed E-state index contributed by atoms with van der Waals surface area (Å²) in [7, 11) is 0. The van der Waals surface area contributed by atoms with Crippen molar-refractivity contribution in [2.75, 3.05) is 26.2 Å². The van der Waals surface area contributed by atoms with Crippen LogP contribution in [0.15, 0.2) is 0 Å². The predicted molar refractivity (Wildman–Crippen MR) is 73.7 cm³/mol. The topological polar surface area (TPSA) is 35.5 Å². The first-order valence-corrected chi connectivity index (χ1v) is 7.45. The molecule has 0 aromatic carbocycles. The lowest BCUT2D eigenvalue weighted by Crippen LogP contribution is -2.47. The summed E-state index contributed by atoms with van der Waals surface area (Å²) in [6.45, 7) is 3.90. The number of rotatable bonds is 10. The molecule has 0 aliphatic heterocycles. The molecule has 0 saturated heterocycles. The van der Waals surface area contributed by atoms with Crippen molar-refractivity contribution in [1.29, 1.82) is 0 Å². The number of nitrogens with zero attached hydrogens (tertiary/aromatic N) is 1. The molecule has 1 rings (SSSR count). The van der Waals surface area contributed by atoms with Gasteiger partial charge in [0.25, 0.3) is 0 Å². The number of aliphatic hydroxyl groups is 1. The molecule has 1 aliphatic rings. The summed E-state index contributed by atoms with van der Waals surface area (Å²) in [5.41, 5.74) is -0.364. The summed E-state index contributed by atoms with van der Waals surface area (Å²) >= 11 is 0. The normalized spacial score (nSPS) is 19.4. The summed E-state index contributed by atoms with van der Waals surface area (Å²) < 4.78 is 37.3. The molecule has 0 spiro atoms. The minimum Gasteiger partial charge on any atom is -0.394 e. The maximum atomic E-state index is 12.4. The average Bonchev–Trinajstić information content (AvgIpc) is 3.11. The molecular weight excluding hydrogens is 269 g/mol. The molecule has 0 aromatic heterocycles. The van der Waals surface area contributed by atoms with Gasteiger partial charge in [0, 0.05) is 11.6 Å². The van der Waals surface area contributed by atoms with Gasteiger partial charge in [-0.2, -0.15) is 13.2 Å². The molecule has 6 heteroatoms. The van der Waals surface area contributed by atoms with Crippen LogP contribution in [0, 0.1) is 0 Å². The number of aliphatic hydroxyl groups excluding tert-OH is 1. The molecule has 3 nitrogen and oxygen atoms in total. The van der Waals surface area contributed by atoms with E-state index in [2.05, 4.69) is 5.32 Å². The molecule has 0 amide bonds. The largest absolute Gasteiger partial charge is 0.401 e. The lowest BCUT2D eigenvalue weighted by atomic mass is 9.96. The van der Waals surface area contributed by atoms with E-state index < -0.39 is 12.7 Å². The highest BCUT2D eigenvalue weighted by Gasteiger charge is 2.33. The van der Waals surface area contributed by atoms with Gasteiger partial charge in [0.2, 0.25) is 0 Å². The monoisotopic (exact) mass is 296 g/mol. The van der Waals surface area contributed by atoms with Gasteiger partial charge in [0.1, 0.15) is 0 Å². The first kappa shape index (κ1) is 17.7. The fraction of sp³-hybridized carbons (Fsp3) is 1.00. The Kier molecular flexibility index (Phi) is 6.75. The molecule has 0 aromatic rings. The minimum absolute atomic E-state index is 0.0244. The molecule has 1 unspecified atom stereocenters. The third-order valence-electron chi connectivity index (χ3n) is 3.62. The maximum absolute atomic E-state index is 12.4. The van der Waals surface area contributed by atoms with E-state index in [1.807, 2.05) is 13.8 Å². The SMILES string of the molecule is CCCN(CCCC(C)(CO)NC1CC1)CC(F)(F)F. The van der Waals surface area contributed by atoms with E-state index in [-0.39, 0.29) is 12.1 Å². The van der Waals surface area contributed by atoms with E-state index in [0.717, 1.165) is 12.8 Å². The van der Waals surface area contributed by atoms with Crippen molar-refractivity contribution in [1.82, 2.24) is 10.2 Å². The van der Waals surface area contributed by atoms with Crippen LogP contribution in [0.5, 0.6) is 0 Å². The van der Waals surface area contributed by atoms with E-state index in [1.54, 1.807) is 0 Å². The van der Waals surface area contributed by atoms with Crippen LogP contribution in [-0.2, 0) is 0 Å². The van der Waals surface area contributed by atoms with Crippen LogP contribution >= 0.6 is 0 Å². The number of hydrogen-bond acceptors (Lipinski definition) is 3. The van der Waals surface area contributed by atoms with Gasteiger partial charge < -0.3 is 10.4 Å². The molecule has 1 atom stereocenters. The molecule has 1 aliphatic carbocycles. The van der Waals surface area contributed by atoms with E-state index in [4.69, 9.17) is 0 Å². The van der Waals surface area contributed by atoms with Crippen molar-refractivity contribution in [3.63, 3.8) is 0 Å². The minimum atomic E-state index is -4.14. The Hall–Kier alpha value is -0.330. The first-order chi connectivity index (χ1) is 9.28. The van der Waals surface area contributed by atoms with E-state index in [0.29, 0.717) is 38.4 Å². The van der Waals surface area contributed by atoms with Crippen molar-refractivity contribution < 1.29 is 18.3 Å². The molecular formula is C14H27F3N2O. The van der Waals surface area contributed by atoms with Crippen LogP contribution in [0.25, 0.3) is 0 Å². The molecule has 1 saturated carbocycles. The molecule has 0 bridgehead atoms. The highest BCUT2D eigenvalue weighted by molar-refractivity contribution is 4.92. The van der Waals surface area contributed by atoms with E-state index >= 15 is 0 Å². The maximum Gasteiger partial charge on any atom is 0.401 e. The first-order valence-electron chi connectivity index (χ1n) is 7.45. The van der Waals surface area contributed by atoms with Crippen molar-refractivity contribution in [2.24, 2.45) is 0 Å². The summed E-state index contributed by atoms with van der Waals surface area (Å²) in [4.78, 5) is 1.45. The average molecular weight is 296 g/mol. The summed E-state index contributed by atoms with van der Waals surface area (Å²) in [5.74, 6) is 0. The second-order valence-corrected chi connectivity index (χ2v) is 6.13. The Morgan fingerprint density at radius 2 is 1.90 bits per heavy atom. The van der Waals surface area contributed by atoms with Crippen LogP contribution in [0.1, 0.15) is 46.0 Å². The van der Waals surface area contributed by atoms with Crippen molar-refractivity contribution >= 4 is 0 Å². The smallest absolute Gasteiger partial charge is 0.394 e. The van der Waals surface area contributed by atoms with Gasteiger partial charge in [-0.3, -0.25) is 4.90 Å². The third-order valence-corrected chi connectivity index (χ3v) is 3.62. The Balaban J connectivity index is 2.33. The van der Waals surface area contributed by atoms with Crippen LogP contribution in [-0.4, -0.2) is 54.0 Å². The van der Waals surface area contributed by atoms with E-state index in [1.165, 1.54) is 4.90 Å². The Labute approximate surface area is 119 Å². The van der Waals surface area contributed by atoms with Gasteiger partial charge in [-0.05, 0) is 52.1 Å². The highest BCUT2D eigenvalue weighted by atomic mass is 19.4. The van der Waals surface area contributed by atoms with Crippen molar-refractivity contribution in [3.8, 4) is 0 Å². The second kappa shape index (κ2) is 7.61. The summed E-state index contributed by atoms with van der Waals surface area (Å²) in [6.07, 6.45) is 0.192. The highest BCUT2D eigenvalue weighted by Crippen LogP contribution is 2.25. The van der Waals surface area contributed by atoms with Gasteiger partial charge in [-0.1, -0.05) is 6.92 Å². The van der Waals surface area contributed by atoms with Gasteiger partial charge in [-0.25, -0.2) is 0 Å². The molecule has 20 heavy (non-hydrogen) atoms. The number of halogens is 3.